The Hall–Kier alpha value is -0.240. The van der Waals surface area contributed by atoms with Gasteiger partial charge in [0.2, 0.25) is 0 Å². The van der Waals surface area contributed by atoms with E-state index in [4.69, 9.17) is 24.7 Å². The molecule has 0 heterocycles. The predicted octanol–water partition coefficient (Wildman–Crippen LogP) is 0.563. The van der Waals surface area contributed by atoms with Crippen LogP contribution in [0.1, 0.15) is 26.2 Å². The first kappa shape index (κ1) is 19.8. The second kappa shape index (κ2) is 16.8. The lowest BCUT2D eigenvalue weighted by molar-refractivity contribution is -0.00518. The number of rotatable bonds is 16. The van der Waals surface area contributed by atoms with Crippen LogP contribution in [0.3, 0.4) is 0 Å². The van der Waals surface area contributed by atoms with Gasteiger partial charge in [0.15, 0.2) is 0 Å². The van der Waals surface area contributed by atoms with E-state index in [1.165, 1.54) is 0 Å². The molecule has 20 heavy (non-hydrogen) atoms. The molecule has 0 saturated heterocycles. The first-order valence-corrected chi connectivity index (χ1v) is 7.50. The fourth-order valence-electron chi connectivity index (χ4n) is 1.35. The van der Waals surface area contributed by atoms with E-state index in [1.807, 2.05) is 0 Å². The Morgan fingerprint density at radius 2 is 1.25 bits per heavy atom. The third kappa shape index (κ3) is 15.8. The van der Waals surface area contributed by atoms with Gasteiger partial charge in [0.1, 0.15) is 0 Å². The number of ether oxygens (including phenoxy) is 4. The van der Waals surface area contributed by atoms with Crippen LogP contribution in [-0.4, -0.2) is 70.6 Å². The third-order valence-electron chi connectivity index (χ3n) is 2.63. The molecule has 0 aliphatic rings. The highest BCUT2D eigenvalue weighted by Gasteiger charge is 1.99. The molecule has 0 aliphatic heterocycles. The maximum Gasteiger partial charge on any atom is 0.0701 e. The molecule has 0 fully saturated rings. The van der Waals surface area contributed by atoms with Crippen LogP contribution in [-0.2, 0) is 18.9 Å². The molecule has 0 saturated carbocycles. The summed E-state index contributed by atoms with van der Waals surface area (Å²) in [6.45, 7) is 7.19. The zero-order valence-corrected chi connectivity index (χ0v) is 12.7. The number of hydrogen-bond donors (Lipinski definition) is 2. The van der Waals surface area contributed by atoms with Crippen LogP contribution < -0.4 is 5.73 Å². The van der Waals surface area contributed by atoms with Crippen molar-refractivity contribution in [3.05, 3.63) is 0 Å². The van der Waals surface area contributed by atoms with Gasteiger partial charge < -0.3 is 29.8 Å². The van der Waals surface area contributed by atoms with Gasteiger partial charge in [0.25, 0.3) is 0 Å². The maximum absolute atomic E-state index is 9.19. The second-order valence-corrected chi connectivity index (χ2v) is 4.48. The van der Waals surface area contributed by atoms with E-state index >= 15 is 0 Å². The second-order valence-electron chi connectivity index (χ2n) is 4.48. The topological polar surface area (TPSA) is 83.2 Å². The molecule has 1 atom stereocenters. The molecule has 0 radical (unpaired) electrons. The molecule has 0 bridgehead atoms. The van der Waals surface area contributed by atoms with Crippen LogP contribution in [0.5, 0.6) is 0 Å². The summed E-state index contributed by atoms with van der Waals surface area (Å²) in [5.41, 5.74) is 5.27. The first-order chi connectivity index (χ1) is 9.81. The summed E-state index contributed by atoms with van der Waals surface area (Å²) in [5, 5.41) is 9.19. The van der Waals surface area contributed by atoms with Crippen LogP contribution in [0.25, 0.3) is 0 Å². The summed E-state index contributed by atoms with van der Waals surface area (Å²) in [6.07, 6.45) is 2.36. The van der Waals surface area contributed by atoms with Gasteiger partial charge in [-0.3, -0.25) is 0 Å². The summed E-state index contributed by atoms with van der Waals surface area (Å²) >= 11 is 0. The standard InChI is InChI=1S/C14H31NO5/c1-2-3-5-17-7-9-19-11-12-20-10-8-18-6-4-14(16)13-15/h14,16H,2-13,15H2,1H3. The largest absolute Gasteiger partial charge is 0.392 e. The Balaban J connectivity index is 2.96. The van der Waals surface area contributed by atoms with E-state index < -0.39 is 6.10 Å². The molecule has 6 heteroatoms. The van der Waals surface area contributed by atoms with Crippen LogP contribution in [0.4, 0.5) is 0 Å². The van der Waals surface area contributed by atoms with Gasteiger partial charge in [-0.25, -0.2) is 0 Å². The van der Waals surface area contributed by atoms with E-state index in [2.05, 4.69) is 6.92 Å². The zero-order chi connectivity index (χ0) is 14.9. The van der Waals surface area contributed by atoms with Crippen molar-refractivity contribution in [2.24, 2.45) is 5.73 Å². The smallest absolute Gasteiger partial charge is 0.0701 e. The summed E-state index contributed by atoms with van der Waals surface area (Å²) in [5.74, 6) is 0. The van der Waals surface area contributed by atoms with Gasteiger partial charge in [0.05, 0.1) is 45.7 Å². The van der Waals surface area contributed by atoms with E-state index in [0.29, 0.717) is 52.7 Å². The van der Waals surface area contributed by atoms with Crippen LogP contribution in [0.2, 0.25) is 0 Å². The lowest BCUT2D eigenvalue weighted by Gasteiger charge is -2.09. The quantitative estimate of drug-likeness (QED) is 0.405. The van der Waals surface area contributed by atoms with E-state index in [0.717, 1.165) is 19.4 Å². The molecule has 122 valence electrons. The lowest BCUT2D eigenvalue weighted by atomic mass is 10.3. The fourth-order valence-corrected chi connectivity index (χ4v) is 1.35. The average Bonchev–Trinajstić information content (AvgIpc) is 2.47. The van der Waals surface area contributed by atoms with Gasteiger partial charge in [-0.2, -0.15) is 0 Å². The summed E-state index contributed by atoms with van der Waals surface area (Å²) in [6, 6.07) is 0. The van der Waals surface area contributed by atoms with Crippen molar-refractivity contribution >= 4 is 0 Å². The Bertz CT molecular complexity index is 183. The van der Waals surface area contributed by atoms with Gasteiger partial charge in [-0.1, -0.05) is 13.3 Å². The van der Waals surface area contributed by atoms with E-state index in [9.17, 15) is 5.11 Å². The molecule has 0 aromatic rings. The van der Waals surface area contributed by atoms with Gasteiger partial charge in [0, 0.05) is 19.8 Å². The van der Waals surface area contributed by atoms with Gasteiger partial charge >= 0.3 is 0 Å². The molecular formula is C14H31NO5. The molecular weight excluding hydrogens is 262 g/mol. The molecule has 0 aliphatic carbocycles. The minimum absolute atomic E-state index is 0.277. The number of aliphatic hydroxyl groups is 1. The van der Waals surface area contributed by atoms with Crippen LogP contribution >= 0.6 is 0 Å². The van der Waals surface area contributed by atoms with Gasteiger partial charge in [-0.15, -0.1) is 0 Å². The van der Waals surface area contributed by atoms with Crippen LogP contribution in [0, 0.1) is 0 Å². The number of aliphatic hydroxyl groups excluding tert-OH is 1. The minimum Gasteiger partial charge on any atom is -0.392 e. The molecule has 0 aromatic heterocycles. The highest BCUT2D eigenvalue weighted by molar-refractivity contribution is 4.53. The molecule has 0 rings (SSSR count). The number of hydrogen-bond acceptors (Lipinski definition) is 6. The van der Waals surface area contributed by atoms with Crippen molar-refractivity contribution in [2.75, 3.05) is 59.4 Å². The predicted molar refractivity (Wildman–Crippen MR) is 77.9 cm³/mol. The Morgan fingerprint density at radius 1 is 0.800 bits per heavy atom. The summed E-state index contributed by atoms with van der Waals surface area (Å²) in [7, 11) is 0. The average molecular weight is 293 g/mol. The van der Waals surface area contributed by atoms with Gasteiger partial charge in [-0.05, 0) is 12.8 Å². The molecule has 0 aromatic carbocycles. The zero-order valence-electron chi connectivity index (χ0n) is 12.7. The molecule has 0 spiro atoms. The number of unbranched alkanes of at least 4 members (excludes halogenated alkanes) is 1. The summed E-state index contributed by atoms with van der Waals surface area (Å²) in [4.78, 5) is 0. The van der Waals surface area contributed by atoms with E-state index in [1.54, 1.807) is 0 Å². The van der Waals surface area contributed by atoms with Crippen molar-refractivity contribution in [2.45, 2.75) is 32.3 Å². The number of nitrogens with two attached hydrogens (primary N) is 1. The van der Waals surface area contributed by atoms with Crippen molar-refractivity contribution in [1.29, 1.82) is 0 Å². The Labute approximate surface area is 122 Å². The SMILES string of the molecule is CCCCOCCOCCOCCOCCC(O)CN. The van der Waals surface area contributed by atoms with Crippen molar-refractivity contribution in [3.8, 4) is 0 Å². The fraction of sp³-hybridized carbons (Fsp3) is 1.00. The van der Waals surface area contributed by atoms with Crippen molar-refractivity contribution in [3.63, 3.8) is 0 Å². The molecule has 1 unspecified atom stereocenters. The Kier molecular flexibility index (Phi) is 16.6. The van der Waals surface area contributed by atoms with Crippen LogP contribution in [0.15, 0.2) is 0 Å². The normalized spacial score (nSPS) is 12.8. The highest BCUT2D eigenvalue weighted by Crippen LogP contribution is 1.90. The molecule has 3 N–H and O–H groups in total. The Morgan fingerprint density at radius 3 is 1.70 bits per heavy atom. The highest BCUT2D eigenvalue weighted by atomic mass is 16.6. The maximum atomic E-state index is 9.19. The first-order valence-electron chi connectivity index (χ1n) is 7.50. The third-order valence-corrected chi connectivity index (χ3v) is 2.63. The van der Waals surface area contributed by atoms with E-state index in [-0.39, 0.29) is 6.54 Å². The molecule has 0 amide bonds. The lowest BCUT2D eigenvalue weighted by Crippen LogP contribution is -2.21. The minimum atomic E-state index is -0.469. The monoisotopic (exact) mass is 293 g/mol. The van der Waals surface area contributed by atoms with Crippen molar-refractivity contribution in [1.82, 2.24) is 0 Å². The summed E-state index contributed by atoms with van der Waals surface area (Å²) < 4.78 is 21.3. The van der Waals surface area contributed by atoms with Crippen molar-refractivity contribution < 1.29 is 24.1 Å². The molecule has 6 nitrogen and oxygen atoms in total.